The molecule has 0 radical (unpaired) electrons. The van der Waals surface area contributed by atoms with Crippen molar-refractivity contribution in [1.82, 2.24) is 15.1 Å². The minimum atomic E-state index is -0.108. The average Bonchev–Trinajstić information content (AvgIpc) is 3.47. The van der Waals surface area contributed by atoms with Crippen LogP contribution >= 0.6 is 0 Å². The first-order valence-corrected chi connectivity index (χ1v) is 9.95. The number of carbonyl (C=O) groups excluding carboxylic acids is 1. The summed E-state index contributed by atoms with van der Waals surface area (Å²) >= 11 is 0. The summed E-state index contributed by atoms with van der Waals surface area (Å²) in [7, 11) is 1.61. The molecular weight excluding hydrogens is 380 g/mol. The lowest BCUT2D eigenvalue weighted by Crippen LogP contribution is -2.25. The van der Waals surface area contributed by atoms with E-state index in [-0.39, 0.29) is 11.8 Å². The first-order chi connectivity index (χ1) is 14.6. The highest BCUT2D eigenvalue weighted by Gasteiger charge is 2.35. The monoisotopic (exact) mass is 402 g/mol. The quantitative estimate of drug-likeness (QED) is 0.546. The van der Waals surface area contributed by atoms with Crippen molar-refractivity contribution < 1.29 is 14.1 Å². The number of carbonyl (C=O) groups is 1. The van der Waals surface area contributed by atoms with Crippen molar-refractivity contribution in [1.29, 1.82) is 0 Å². The number of amides is 1. The third kappa shape index (κ3) is 3.22. The number of H-pyrrole nitrogens is 1. The van der Waals surface area contributed by atoms with E-state index in [1.54, 1.807) is 12.0 Å². The first kappa shape index (κ1) is 18.4. The Bertz CT molecular complexity index is 1230. The molecule has 4 aromatic rings. The Balaban J connectivity index is 1.36. The van der Waals surface area contributed by atoms with Gasteiger partial charge in [-0.2, -0.15) is 4.98 Å². The van der Waals surface area contributed by atoms with Crippen LogP contribution in [0.2, 0.25) is 0 Å². The number of benzene rings is 2. The minimum Gasteiger partial charge on any atom is -0.495 e. The number of para-hydroxylation sites is 1. The van der Waals surface area contributed by atoms with Crippen LogP contribution in [0, 0.1) is 6.92 Å². The molecule has 0 aliphatic carbocycles. The van der Waals surface area contributed by atoms with Crippen LogP contribution in [-0.4, -0.2) is 34.7 Å². The second-order valence-electron chi connectivity index (χ2n) is 7.66. The van der Waals surface area contributed by atoms with Gasteiger partial charge in [0.25, 0.3) is 0 Å². The largest absolute Gasteiger partial charge is 0.495 e. The number of hydrogen-bond donors (Lipinski definition) is 1. The lowest BCUT2D eigenvalue weighted by atomic mass is 10.1. The van der Waals surface area contributed by atoms with E-state index in [2.05, 4.69) is 21.2 Å². The van der Waals surface area contributed by atoms with Crippen LogP contribution in [-0.2, 0) is 11.2 Å². The summed E-state index contributed by atoms with van der Waals surface area (Å²) < 4.78 is 11.0. The van der Waals surface area contributed by atoms with E-state index >= 15 is 0 Å². The zero-order valence-corrected chi connectivity index (χ0v) is 16.9. The topological polar surface area (TPSA) is 84.2 Å². The van der Waals surface area contributed by atoms with Crippen molar-refractivity contribution in [2.45, 2.75) is 25.7 Å². The van der Waals surface area contributed by atoms with Gasteiger partial charge in [0.15, 0.2) is 5.82 Å². The molecule has 1 unspecified atom stereocenters. The van der Waals surface area contributed by atoms with Gasteiger partial charge in [-0.15, -0.1) is 0 Å². The molecule has 1 aliphatic heterocycles. The Labute approximate surface area is 173 Å². The molecule has 0 saturated carbocycles. The van der Waals surface area contributed by atoms with Crippen molar-refractivity contribution in [2.75, 3.05) is 18.6 Å². The molecule has 1 atom stereocenters. The highest BCUT2D eigenvalue weighted by atomic mass is 16.5. The Kier molecular flexibility index (Phi) is 4.50. The van der Waals surface area contributed by atoms with Gasteiger partial charge in [-0.1, -0.05) is 29.4 Å². The molecule has 3 heterocycles. The van der Waals surface area contributed by atoms with E-state index < -0.39 is 0 Å². The summed E-state index contributed by atoms with van der Waals surface area (Å²) in [5.74, 6) is 1.74. The number of fused-ring (bicyclic) bond motifs is 1. The zero-order valence-electron chi connectivity index (χ0n) is 16.9. The van der Waals surface area contributed by atoms with Crippen molar-refractivity contribution >= 4 is 22.5 Å². The van der Waals surface area contributed by atoms with E-state index in [1.807, 2.05) is 49.5 Å². The molecule has 1 saturated heterocycles. The number of hydrogen-bond acceptors (Lipinski definition) is 5. The number of rotatable bonds is 5. The number of methoxy groups -OCH3 is 1. The maximum atomic E-state index is 12.7. The number of aromatic nitrogens is 3. The molecule has 5 rings (SSSR count). The van der Waals surface area contributed by atoms with Gasteiger partial charge >= 0.3 is 0 Å². The van der Waals surface area contributed by atoms with Crippen LogP contribution in [0.5, 0.6) is 5.75 Å². The van der Waals surface area contributed by atoms with Gasteiger partial charge < -0.3 is 19.1 Å². The smallest absolute Gasteiger partial charge is 0.231 e. The molecular formula is C23H22N4O3. The van der Waals surface area contributed by atoms with E-state index in [1.165, 1.54) is 0 Å². The van der Waals surface area contributed by atoms with Gasteiger partial charge in [-0.05, 0) is 36.2 Å². The molecule has 0 spiro atoms. The Morgan fingerprint density at radius 3 is 3.00 bits per heavy atom. The first-order valence-electron chi connectivity index (χ1n) is 9.95. The van der Waals surface area contributed by atoms with Gasteiger partial charge in [0, 0.05) is 36.0 Å². The summed E-state index contributed by atoms with van der Waals surface area (Å²) in [5, 5.41) is 5.32. The highest BCUT2D eigenvalue weighted by Crippen LogP contribution is 2.36. The molecule has 30 heavy (non-hydrogen) atoms. The number of anilines is 1. The second-order valence-corrected chi connectivity index (χ2v) is 7.66. The molecule has 2 aromatic carbocycles. The minimum absolute atomic E-state index is 0.0341. The van der Waals surface area contributed by atoms with Crippen LogP contribution in [0.3, 0.4) is 0 Å². The van der Waals surface area contributed by atoms with E-state index in [0.717, 1.165) is 27.7 Å². The lowest BCUT2D eigenvalue weighted by molar-refractivity contribution is -0.117. The molecule has 1 fully saturated rings. The van der Waals surface area contributed by atoms with E-state index in [9.17, 15) is 4.79 Å². The lowest BCUT2D eigenvalue weighted by Gasteiger charge is -2.19. The van der Waals surface area contributed by atoms with Gasteiger partial charge in [-0.3, -0.25) is 4.79 Å². The zero-order chi connectivity index (χ0) is 20.7. The third-order valence-corrected chi connectivity index (χ3v) is 5.62. The molecule has 7 nitrogen and oxygen atoms in total. The number of nitrogens with one attached hydrogen (secondary N) is 1. The number of nitrogens with zero attached hydrogens (tertiary/aromatic N) is 3. The van der Waals surface area contributed by atoms with Gasteiger partial charge in [0.05, 0.1) is 19.2 Å². The summed E-state index contributed by atoms with van der Waals surface area (Å²) in [5.41, 5.74) is 4.04. The predicted octanol–water partition coefficient (Wildman–Crippen LogP) is 3.98. The van der Waals surface area contributed by atoms with Crippen LogP contribution in [0.15, 0.2) is 53.2 Å². The molecule has 7 heteroatoms. The SMILES string of the molecule is COc1ccc(C)cc1N1CC(c2noc(Cc3c[nH]c4ccccc34)n2)CC1=O. The van der Waals surface area contributed by atoms with Crippen molar-refractivity contribution in [3.63, 3.8) is 0 Å². The highest BCUT2D eigenvalue weighted by molar-refractivity contribution is 5.97. The fourth-order valence-electron chi connectivity index (χ4n) is 4.07. The number of aromatic amines is 1. The number of aryl methyl sites for hydroxylation is 1. The van der Waals surface area contributed by atoms with Gasteiger partial charge in [0.2, 0.25) is 11.8 Å². The summed E-state index contributed by atoms with van der Waals surface area (Å²) in [6.07, 6.45) is 2.87. The van der Waals surface area contributed by atoms with Gasteiger partial charge in [0.1, 0.15) is 5.75 Å². The molecule has 0 bridgehead atoms. The van der Waals surface area contributed by atoms with Crippen LogP contribution < -0.4 is 9.64 Å². The van der Waals surface area contributed by atoms with E-state index in [4.69, 9.17) is 9.26 Å². The Morgan fingerprint density at radius 1 is 1.27 bits per heavy atom. The molecule has 1 N–H and O–H groups in total. The maximum Gasteiger partial charge on any atom is 0.231 e. The van der Waals surface area contributed by atoms with Crippen molar-refractivity contribution in [3.05, 3.63) is 71.5 Å². The molecule has 1 amide bonds. The molecule has 2 aromatic heterocycles. The van der Waals surface area contributed by atoms with E-state index in [0.29, 0.717) is 36.9 Å². The van der Waals surface area contributed by atoms with Crippen molar-refractivity contribution in [3.8, 4) is 5.75 Å². The Morgan fingerprint density at radius 2 is 2.13 bits per heavy atom. The fourth-order valence-corrected chi connectivity index (χ4v) is 4.07. The Hall–Kier alpha value is -3.61. The summed E-state index contributed by atoms with van der Waals surface area (Å²) in [6, 6.07) is 13.9. The van der Waals surface area contributed by atoms with Crippen LogP contribution in [0.25, 0.3) is 10.9 Å². The molecule has 1 aliphatic rings. The second kappa shape index (κ2) is 7.33. The summed E-state index contributed by atoms with van der Waals surface area (Å²) in [6.45, 7) is 2.50. The fraction of sp³-hybridized carbons (Fsp3) is 0.261. The average molecular weight is 402 g/mol. The van der Waals surface area contributed by atoms with Crippen molar-refractivity contribution in [2.24, 2.45) is 0 Å². The van der Waals surface area contributed by atoms with Crippen LogP contribution in [0.1, 0.15) is 35.2 Å². The standard InChI is InChI=1S/C23H22N4O3/c1-14-7-8-20(29-2)19(9-14)27-13-16(11-22(27)28)23-25-21(30-26-23)10-15-12-24-18-6-4-3-5-17(15)18/h3-9,12,16,24H,10-11,13H2,1-2H3. The van der Waals surface area contributed by atoms with Gasteiger partial charge in [-0.25, -0.2) is 0 Å². The maximum absolute atomic E-state index is 12.7. The van der Waals surface area contributed by atoms with Crippen LogP contribution in [0.4, 0.5) is 5.69 Å². The number of ether oxygens (including phenoxy) is 1. The molecule has 152 valence electrons. The third-order valence-electron chi connectivity index (χ3n) is 5.62. The summed E-state index contributed by atoms with van der Waals surface area (Å²) in [4.78, 5) is 22.3. The normalized spacial score (nSPS) is 16.5. The predicted molar refractivity (Wildman–Crippen MR) is 113 cm³/mol.